The van der Waals surface area contributed by atoms with Gasteiger partial charge in [0.25, 0.3) is 5.91 Å². The number of amides is 4. The highest BCUT2D eigenvalue weighted by molar-refractivity contribution is 6.28. The molecule has 40 heavy (non-hydrogen) atoms. The molecule has 1 saturated heterocycles. The SMILES string of the molecule is CCN(CC)CCCOc1ccc(N2C(=O)NC(=Cc3ccc(Oc4cccc(C(N)=O)c4)cc3)C2=O)cc1.Cl. The topological polar surface area (TPSA) is 114 Å². The summed E-state index contributed by atoms with van der Waals surface area (Å²) in [6, 6.07) is 19.9. The van der Waals surface area contributed by atoms with Crippen LogP contribution in [0.5, 0.6) is 17.2 Å². The van der Waals surface area contributed by atoms with Crippen molar-refractivity contribution in [3.63, 3.8) is 0 Å². The average Bonchev–Trinajstić information content (AvgIpc) is 3.22. The van der Waals surface area contributed by atoms with Crippen molar-refractivity contribution in [2.75, 3.05) is 31.1 Å². The maximum absolute atomic E-state index is 13.0. The Morgan fingerprint density at radius 1 is 0.950 bits per heavy atom. The summed E-state index contributed by atoms with van der Waals surface area (Å²) >= 11 is 0. The quantitative estimate of drug-likeness (QED) is 0.177. The molecule has 0 bridgehead atoms. The second-order valence-corrected chi connectivity index (χ2v) is 8.91. The number of halogens is 1. The summed E-state index contributed by atoms with van der Waals surface area (Å²) in [7, 11) is 0. The van der Waals surface area contributed by atoms with Crippen molar-refractivity contribution in [3.05, 3.63) is 89.6 Å². The number of ether oxygens (including phenoxy) is 2. The van der Waals surface area contributed by atoms with Crippen molar-refractivity contribution in [3.8, 4) is 17.2 Å². The molecule has 0 radical (unpaired) electrons. The van der Waals surface area contributed by atoms with Crippen molar-refractivity contribution in [2.45, 2.75) is 20.3 Å². The van der Waals surface area contributed by atoms with Crippen LogP contribution < -0.4 is 25.4 Å². The smallest absolute Gasteiger partial charge is 0.333 e. The Labute approximate surface area is 240 Å². The molecule has 4 amide bonds. The number of hydrogen-bond donors (Lipinski definition) is 2. The van der Waals surface area contributed by atoms with Crippen LogP contribution in [-0.2, 0) is 4.79 Å². The number of nitrogens with one attached hydrogen (secondary N) is 1. The van der Waals surface area contributed by atoms with Gasteiger partial charge in [0.15, 0.2) is 0 Å². The van der Waals surface area contributed by atoms with Crippen molar-refractivity contribution in [1.82, 2.24) is 10.2 Å². The Balaban J connectivity index is 0.00000441. The zero-order valence-electron chi connectivity index (χ0n) is 22.5. The van der Waals surface area contributed by atoms with Gasteiger partial charge in [-0.05, 0) is 85.7 Å². The Morgan fingerprint density at radius 2 is 1.62 bits per heavy atom. The van der Waals surface area contributed by atoms with Crippen LogP contribution in [-0.4, -0.2) is 49.0 Å². The third-order valence-corrected chi connectivity index (χ3v) is 6.30. The van der Waals surface area contributed by atoms with E-state index in [0.29, 0.717) is 40.7 Å². The zero-order valence-corrected chi connectivity index (χ0v) is 23.3. The number of primary amides is 1. The molecule has 9 nitrogen and oxygen atoms in total. The van der Waals surface area contributed by atoms with Gasteiger partial charge in [-0.25, -0.2) is 9.69 Å². The van der Waals surface area contributed by atoms with Crippen LogP contribution >= 0.6 is 12.4 Å². The first kappa shape index (κ1) is 30.2. The summed E-state index contributed by atoms with van der Waals surface area (Å²) in [6.45, 7) is 7.88. The summed E-state index contributed by atoms with van der Waals surface area (Å²) in [4.78, 5) is 40.4. The minimum absolute atomic E-state index is 0. The van der Waals surface area contributed by atoms with E-state index in [4.69, 9.17) is 15.2 Å². The van der Waals surface area contributed by atoms with Gasteiger partial charge < -0.3 is 25.4 Å². The van der Waals surface area contributed by atoms with E-state index in [1.807, 2.05) is 0 Å². The molecule has 0 spiro atoms. The van der Waals surface area contributed by atoms with Crippen LogP contribution in [0, 0.1) is 0 Å². The van der Waals surface area contributed by atoms with Crippen LogP contribution in [0.2, 0.25) is 0 Å². The average molecular weight is 565 g/mol. The molecule has 0 aromatic heterocycles. The Bertz CT molecular complexity index is 1360. The van der Waals surface area contributed by atoms with E-state index < -0.39 is 17.8 Å². The van der Waals surface area contributed by atoms with Crippen molar-refractivity contribution in [2.24, 2.45) is 5.73 Å². The van der Waals surface area contributed by atoms with Crippen LogP contribution in [0.4, 0.5) is 10.5 Å². The third-order valence-electron chi connectivity index (χ3n) is 6.30. The number of carbonyl (C=O) groups excluding carboxylic acids is 3. The fourth-order valence-corrected chi connectivity index (χ4v) is 4.13. The minimum Gasteiger partial charge on any atom is -0.494 e. The van der Waals surface area contributed by atoms with Gasteiger partial charge in [-0.15, -0.1) is 12.4 Å². The van der Waals surface area contributed by atoms with Gasteiger partial charge in [0.1, 0.15) is 22.9 Å². The monoisotopic (exact) mass is 564 g/mol. The van der Waals surface area contributed by atoms with Crippen molar-refractivity contribution < 1.29 is 23.9 Å². The number of nitrogens with two attached hydrogens (primary N) is 1. The molecule has 3 aromatic carbocycles. The number of imide groups is 1. The third kappa shape index (κ3) is 7.62. The highest BCUT2D eigenvalue weighted by atomic mass is 35.5. The second-order valence-electron chi connectivity index (χ2n) is 8.91. The van der Waals surface area contributed by atoms with E-state index in [1.54, 1.807) is 78.9 Å². The van der Waals surface area contributed by atoms with Gasteiger partial charge >= 0.3 is 6.03 Å². The molecule has 0 atom stereocenters. The number of nitrogens with zero attached hydrogens (tertiary/aromatic N) is 2. The lowest BCUT2D eigenvalue weighted by Crippen LogP contribution is -2.30. The van der Waals surface area contributed by atoms with E-state index in [2.05, 4.69) is 24.1 Å². The first-order valence-corrected chi connectivity index (χ1v) is 12.9. The first-order chi connectivity index (χ1) is 18.9. The summed E-state index contributed by atoms with van der Waals surface area (Å²) < 4.78 is 11.6. The molecule has 1 heterocycles. The highest BCUT2D eigenvalue weighted by Crippen LogP contribution is 2.26. The molecular formula is C30H33ClN4O5. The molecule has 10 heteroatoms. The molecular weight excluding hydrogens is 532 g/mol. The van der Waals surface area contributed by atoms with Crippen LogP contribution in [0.1, 0.15) is 36.2 Å². The summed E-state index contributed by atoms with van der Waals surface area (Å²) in [6.07, 6.45) is 2.52. The Hall–Kier alpha value is -4.34. The number of anilines is 1. The summed E-state index contributed by atoms with van der Waals surface area (Å²) in [5.41, 5.74) is 6.99. The number of hydrogen-bond acceptors (Lipinski definition) is 6. The standard InChI is InChI=1S/C30H32N4O5.ClH/c1-3-33(4-2)17-6-18-38-24-15-11-23(12-16-24)34-29(36)27(32-30(34)37)19-21-9-13-25(14-10-21)39-26-8-5-7-22(20-26)28(31)35;/h5,7-16,19-20H,3-4,6,17-18H2,1-2H3,(H2,31,35)(H,32,37);1H. The Kier molecular flexibility index (Phi) is 10.7. The van der Waals surface area contributed by atoms with Crippen LogP contribution in [0.25, 0.3) is 6.08 Å². The van der Waals surface area contributed by atoms with Crippen molar-refractivity contribution >= 4 is 42.0 Å². The van der Waals surface area contributed by atoms with E-state index in [0.717, 1.165) is 31.0 Å². The molecule has 210 valence electrons. The minimum atomic E-state index is -0.537. The van der Waals surface area contributed by atoms with E-state index >= 15 is 0 Å². The van der Waals surface area contributed by atoms with Gasteiger partial charge in [-0.1, -0.05) is 32.0 Å². The van der Waals surface area contributed by atoms with Gasteiger partial charge in [-0.3, -0.25) is 9.59 Å². The predicted molar refractivity (Wildman–Crippen MR) is 157 cm³/mol. The predicted octanol–water partition coefficient (Wildman–Crippen LogP) is 5.21. The van der Waals surface area contributed by atoms with Crippen LogP contribution in [0.15, 0.2) is 78.5 Å². The second kappa shape index (κ2) is 14.2. The molecule has 1 fully saturated rings. The van der Waals surface area contributed by atoms with Gasteiger partial charge in [-0.2, -0.15) is 0 Å². The molecule has 1 aliphatic heterocycles. The fraction of sp³-hybridized carbons (Fsp3) is 0.233. The van der Waals surface area contributed by atoms with E-state index in [9.17, 15) is 14.4 Å². The zero-order chi connectivity index (χ0) is 27.8. The van der Waals surface area contributed by atoms with Crippen LogP contribution in [0.3, 0.4) is 0 Å². The number of carbonyl (C=O) groups is 3. The molecule has 3 N–H and O–H groups in total. The molecule has 0 unspecified atom stereocenters. The summed E-state index contributed by atoms with van der Waals surface area (Å²) in [5.74, 6) is 0.714. The normalized spacial score (nSPS) is 13.8. The molecule has 4 rings (SSSR count). The van der Waals surface area contributed by atoms with Gasteiger partial charge in [0.05, 0.1) is 12.3 Å². The number of rotatable bonds is 12. The lowest BCUT2D eigenvalue weighted by Gasteiger charge is -2.18. The molecule has 1 aliphatic rings. The van der Waals surface area contributed by atoms with E-state index in [1.165, 1.54) is 0 Å². The number of benzene rings is 3. The maximum Gasteiger partial charge on any atom is 0.333 e. The maximum atomic E-state index is 13.0. The molecule has 0 saturated carbocycles. The van der Waals surface area contributed by atoms with Gasteiger partial charge in [0.2, 0.25) is 5.91 Å². The van der Waals surface area contributed by atoms with E-state index in [-0.39, 0.29) is 18.1 Å². The lowest BCUT2D eigenvalue weighted by atomic mass is 10.1. The number of urea groups is 1. The molecule has 0 aliphatic carbocycles. The fourth-order valence-electron chi connectivity index (χ4n) is 4.13. The van der Waals surface area contributed by atoms with Gasteiger partial charge in [0, 0.05) is 12.1 Å². The summed E-state index contributed by atoms with van der Waals surface area (Å²) in [5, 5.41) is 2.64. The van der Waals surface area contributed by atoms with Crippen molar-refractivity contribution in [1.29, 1.82) is 0 Å². The first-order valence-electron chi connectivity index (χ1n) is 12.9. The highest BCUT2D eigenvalue weighted by Gasteiger charge is 2.34. The Morgan fingerprint density at radius 3 is 2.27 bits per heavy atom. The lowest BCUT2D eigenvalue weighted by molar-refractivity contribution is -0.113. The largest absolute Gasteiger partial charge is 0.494 e. The molecule has 3 aromatic rings.